The number of ether oxygens (including phenoxy) is 2. The molecular weight excluding hydrogens is 364 g/mol. The molecule has 0 bridgehead atoms. The predicted octanol–water partition coefficient (Wildman–Crippen LogP) is 1.93. The number of aryl methyl sites for hydroxylation is 2. The van der Waals surface area contributed by atoms with Gasteiger partial charge in [-0.1, -0.05) is 24.3 Å². The molecule has 0 unspecified atom stereocenters. The first-order chi connectivity index (χ1) is 13.3. The SMILES string of the molecule is COc1cccc(C(=O)OCC(=O)NCC(=O)Nc2c(C)cccc2C)c1O. The maximum atomic E-state index is 12.0. The molecule has 0 aromatic heterocycles. The lowest BCUT2D eigenvalue weighted by atomic mass is 10.1. The lowest BCUT2D eigenvalue weighted by Gasteiger charge is -2.12. The molecule has 0 aliphatic rings. The van der Waals surface area contributed by atoms with Crippen molar-refractivity contribution in [3.8, 4) is 11.5 Å². The van der Waals surface area contributed by atoms with Crippen molar-refractivity contribution >= 4 is 23.5 Å². The van der Waals surface area contributed by atoms with Crippen LogP contribution in [0.2, 0.25) is 0 Å². The quantitative estimate of drug-likeness (QED) is 0.627. The van der Waals surface area contributed by atoms with Crippen LogP contribution in [-0.2, 0) is 14.3 Å². The Labute approximate surface area is 162 Å². The van der Waals surface area contributed by atoms with Crippen LogP contribution in [0, 0.1) is 13.8 Å². The van der Waals surface area contributed by atoms with Gasteiger partial charge in [-0.05, 0) is 37.1 Å². The summed E-state index contributed by atoms with van der Waals surface area (Å²) in [5.74, 6) is -2.19. The van der Waals surface area contributed by atoms with E-state index < -0.39 is 24.4 Å². The van der Waals surface area contributed by atoms with Gasteiger partial charge in [-0.3, -0.25) is 9.59 Å². The summed E-state index contributed by atoms with van der Waals surface area (Å²) >= 11 is 0. The van der Waals surface area contributed by atoms with E-state index in [-0.39, 0.29) is 23.6 Å². The minimum Gasteiger partial charge on any atom is -0.504 e. The predicted molar refractivity (Wildman–Crippen MR) is 102 cm³/mol. The molecule has 2 aromatic rings. The lowest BCUT2D eigenvalue weighted by Crippen LogP contribution is -2.35. The monoisotopic (exact) mass is 386 g/mol. The second-order valence-electron chi connectivity index (χ2n) is 6.02. The van der Waals surface area contributed by atoms with Crippen LogP contribution >= 0.6 is 0 Å². The van der Waals surface area contributed by atoms with E-state index in [0.717, 1.165) is 11.1 Å². The van der Waals surface area contributed by atoms with Gasteiger partial charge in [0.1, 0.15) is 5.56 Å². The number of esters is 1. The van der Waals surface area contributed by atoms with Gasteiger partial charge >= 0.3 is 5.97 Å². The molecule has 2 rings (SSSR count). The van der Waals surface area contributed by atoms with E-state index in [1.54, 1.807) is 0 Å². The molecule has 148 valence electrons. The summed E-state index contributed by atoms with van der Waals surface area (Å²) in [6.07, 6.45) is 0. The number of aromatic hydroxyl groups is 1. The van der Waals surface area contributed by atoms with Gasteiger partial charge in [0.2, 0.25) is 5.91 Å². The van der Waals surface area contributed by atoms with Crippen LogP contribution in [-0.4, -0.2) is 43.2 Å². The Bertz CT molecular complexity index is 874. The van der Waals surface area contributed by atoms with E-state index in [1.165, 1.54) is 25.3 Å². The van der Waals surface area contributed by atoms with E-state index in [2.05, 4.69) is 10.6 Å². The van der Waals surface area contributed by atoms with Crippen LogP contribution in [0.5, 0.6) is 11.5 Å². The first-order valence-electron chi connectivity index (χ1n) is 8.49. The van der Waals surface area contributed by atoms with Gasteiger partial charge in [-0.15, -0.1) is 0 Å². The van der Waals surface area contributed by atoms with E-state index in [1.807, 2.05) is 32.0 Å². The number of rotatable bonds is 7. The molecule has 0 aliphatic heterocycles. The van der Waals surface area contributed by atoms with Crippen molar-refractivity contribution in [1.82, 2.24) is 5.32 Å². The van der Waals surface area contributed by atoms with Crippen molar-refractivity contribution in [2.75, 3.05) is 25.6 Å². The molecule has 0 spiro atoms. The summed E-state index contributed by atoms with van der Waals surface area (Å²) in [5.41, 5.74) is 2.39. The highest BCUT2D eigenvalue weighted by Crippen LogP contribution is 2.29. The Kier molecular flexibility index (Phi) is 6.97. The summed E-state index contributed by atoms with van der Waals surface area (Å²) in [6.45, 7) is 2.88. The smallest absolute Gasteiger partial charge is 0.342 e. The minimum absolute atomic E-state index is 0.113. The fraction of sp³-hybridized carbons (Fsp3) is 0.250. The normalized spacial score (nSPS) is 10.1. The number of methoxy groups -OCH3 is 1. The number of hydrogen-bond donors (Lipinski definition) is 3. The van der Waals surface area contributed by atoms with E-state index in [4.69, 9.17) is 9.47 Å². The molecule has 0 atom stereocenters. The molecule has 3 N–H and O–H groups in total. The summed E-state index contributed by atoms with van der Waals surface area (Å²) in [5, 5.41) is 15.0. The lowest BCUT2D eigenvalue weighted by molar-refractivity contribution is -0.126. The topological polar surface area (TPSA) is 114 Å². The Morgan fingerprint density at radius 2 is 1.64 bits per heavy atom. The maximum absolute atomic E-state index is 12.0. The van der Waals surface area contributed by atoms with Crippen LogP contribution in [0.4, 0.5) is 5.69 Å². The zero-order valence-corrected chi connectivity index (χ0v) is 15.9. The number of hydrogen-bond acceptors (Lipinski definition) is 6. The summed E-state index contributed by atoms with van der Waals surface area (Å²) in [7, 11) is 1.35. The van der Waals surface area contributed by atoms with Crippen molar-refractivity contribution in [1.29, 1.82) is 0 Å². The Morgan fingerprint density at radius 1 is 1.00 bits per heavy atom. The highest BCUT2D eigenvalue weighted by atomic mass is 16.5. The van der Waals surface area contributed by atoms with Crippen molar-refractivity contribution in [3.63, 3.8) is 0 Å². The van der Waals surface area contributed by atoms with Crippen LogP contribution in [0.25, 0.3) is 0 Å². The number of amides is 2. The van der Waals surface area contributed by atoms with Crippen LogP contribution < -0.4 is 15.4 Å². The molecule has 28 heavy (non-hydrogen) atoms. The van der Waals surface area contributed by atoms with E-state index in [0.29, 0.717) is 5.69 Å². The Morgan fingerprint density at radius 3 is 2.29 bits per heavy atom. The average molecular weight is 386 g/mol. The number of para-hydroxylation sites is 2. The summed E-state index contributed by atoms with van der Waals surface area (Å²) in [4.78, 5) is 35.8. The highest BCUT2D eigenvalue weighted by Gasteiger charge is 2.17. The minimum atomic E-state index is -0.883. The Balaban J connectivity index is 1.83. The van der Waals surface area contributed by atoms with E-state index >= 15 is 0 Å². The van der Waals surface area contributed by atoms with Crippen molar-refractivity contribution < 1.29 is 29.0 Å². The van der Waals surface area contributed by atoms with Gasteiger partial charge in [-0.25, -0.2) is 4.79 Å². The largest absolute Gasteiger partial charge is 0.504 e. The second-order valence-corrected chi connectivity index (χ2v) is 6.02. The van der Waals surface area contributed by atoms with Crippen LogP contribution in [0.3, 0.4) is 0 Å². The zero-order chi connectivity index (χ0) is 20.7. The molecule has 0 radical (unpaired) electrons. The van der Waals surface area contributed by atoms with Gasteiger partial charge in [0.15, 0.2) is 18.1 Å². The average Bonchev–Trinajstić information content (AvgIpc) is 2.67. The molecule has 0 heterocycles. The van der Waals surface area contributed by atoms with Crippen LogP contribution in [0.1, 0.15) is 21.5 Å². The molecule has 2 aromatic carbocycles. The number of carbonyl (C=O) groups excluding carboxylic acids is 3. The first kappa shape index (κ1) is 20.8. The summed E-state index contributed by atoms with van der Waals surface area (Å²) < 4.78 is 9.77. The molecule has 0 fully saturated rings. The van der Waals surface area contributed by atoms with Gasteiger partial charge in [-0.2, -0.15) is 0 Å². The van der Waals surface area contributed by atoms with Gasteiger partial charge in [0.05, 0.1) is 13.7 Å². The standard InChI is InChI=1S/C20H22N2O6/c1-12-6-4-7-13(2)18(12)22-16(23)10-21-17(24)11-28-20(26)14-8-5-9-15(27-3)19(14)25/h4-9,25H,10-11H2,1-3H3,(H,21,24)(H,22,23). The Hall–Kier alpha value is -3.55. The fourth-order valence-electron chi connectivity index (χ4n) is 2.49. The van der Waals surface area contributed by atoms with Gasteiger partial charge < -0.3 is 25.2 Å². The number of phenols is 1. The third-order valence-electron chi connectivity index (χ3n) is 3.96. The molecule has 2 amide bonds. The maximum Gasteiger partial charge on any atom is 0.342 e. The zero-order valence-electron chi connectivity index (χ0n) is 15.9. The van der Waals surface area contributed by atoms with Crippen molar-refractivity contribution in [2.45, 2.75) is 13.8 Å². The highest BCUT2D eigenvalue weighted by molar-refractivity contribution is 5.97. The first-order valence-corrected chi connectivity index (χ1v) is 8.49. The third kappa shape index (κ3) is 5.23. The third-order valence-corrected chi connectivity index (χ3v) is 3.96. The number of benzene rings is 2. The molecular formula is C20H22N2O6. The molecule has 0 aliphatic carbocycles. The number of anilines is 1. The van der Waals surface area contributed by atoms with Crippen molar-refractivity contribution in [2.24, 2.45) is 0 Å². The molecule has 0 saturated heterocycles. The number of phenolic OH excluding ortho intramolecular Hbond substituents is 1. The fourth-order valence-corrected chi connectivity index (χ4v) is 2.49. The van der Waals surface area contributed by atoms with E-state index in [9.17, 15) is 19.5 Å². The number of nitrogens with one attached hydrogen (secondary N) is 2. The second kappa shape index (κ2) is 9.40. The number of carbonyl (C=O) groups is 3. The molecule has 8 heteroatoms. The van der Waals surface area contributed by atoms with Gasteiger partial charge in [0, 0.05) is 5.69 Å². The summed E-state index contributed by atoms with van der Waals surface area (Å²) in [6, 6.07) is 9.95. The molecule has 8 nitrogen and oxygen atoms in total. The van der Waals surface area contributed by atoms with Gasteiger partial charge in [0.25, 0.3) is 5.91 Å². The van der Waals surface area contributed by atoms with Crippen LogP contribution in [0.15, 0.2) is 36.4 Å². The molecule has 0 saturated carbocycles. The van der Waals surface area contributed by atoms with Crippen molar-refractivity contribution in [3.05, 3.63) is 53.1 Å².